The summed E-state index contributed by atoms with van der Waals surface area (Å²) in [4.78, 5) is 11.4. The molecular weight excluding hydrogens is 286 g/mol. The van der Waals surface area contributed by atoms with Crippen molar-refractivity contribution in [3.63, 3.8) is 0 Å². The Morgan fingerprint density at radius 1 is 1.12 bits per heavy atom. The van der Waals surface area contributed by atoms with Gasteiger partial charge in [0, 0.05) is 0 Å². The highest BCUT2D eigenvalue weighted by atomic mass is 35.6. The lowest BCUT2D eigenvalue weighted by Gasteiger charge is -2.15. The molecule has 6 heteroatoms. The number of rotatable bonds is 1. The molecule has 2 rings (SSSR count). The highest BCUT2D eigenvalue weighted by Crippen LogP contribution is 2.37. The molecule has 0 radical (unpaired) electrons. The third-order valence-electron chi connectivity index (χ3n) is 2.01. The van der Waals surface area contributed by atoms with E-state index in [1.807, 2.05) is 30.3 Å². The first-order valence-electron chi connectivity index (χ1n) is 4.68. The molecule has 1 aliphatic rings. The van der Waals surface area contributed by atoms with Crippen LogP contribution in [-0.4, -0.2) is 16.1 Å². The van der Waals surface area contributed by atoms with Gasteiger partial charge in [-0.1, -0.05) is 65.1 Å². The van der Waals surface area contributed by atoms with E-state index in [0.29, 0.717) is 0 Å². The van der Waals surface area contributed by atoms with Crippen LogP contribution in [0, 0.1) is 0 Å². The van der Waals surface area contributed by atoms with E-state index in [4.69, 9.17) is 44.3 Å². The maximum absolute atomic E-state index is 11.4. The number of ether oxygens (including phenoxy) is 2. The summed E-state index contributed by atoms with van der Waals surface area (Å²) in [6.45, 7) is 0. The molecule has 0 aromatic heterocycles. The van der Waals surface area contributed by atoms with Gasteiger partial charge in [0.2, 0.25) is 5.76 Å². The lowest BCUT2D eigenvalue weighted by molar-refractivity contribution is -0.142. The van der Waals surface area contributed by atoms with Crippen molar-refractivity contribution < 1.29 is 14.3 Å². The van der Waals surface area contributed by atoms with Crippen LogP contribution >= 0.6 is 34.8 Å². The quantitative estimate of drug-likeness (QED) is 0.453. The molecular formula is C11H7Cl3O3. The van der Waals surface area contributed by atoms with E-state index in [2.05, 4.69) is 0 Å². The molecule has 0 spiro atoms. The second kappa shape index (κ2) is 4.77. The van der Waals surface area contributed by atoms with Crippen LogP contribution in [0.1, 0.15) is 5.56 Å². The molecule has 0 amide bonds. The van der Waals surface area contributed by atoms with Crippen molar-refractivity contribution in [2.75, 3.05) is 0 Å². The van der Waals surface area contributed by atoms with Crippen molar-refractivity contribution in [2.45, 2.75) is 10.1 Å². The van der Waals surface area contributed by atoms with Gasteiger partial charge in [-0.2, -0.15) is 0 Å². The molecule has 1 atom stereocenters. The molecule has 0 N–H and O–H groups in total. The summed E-state index contributed by atoms with van der Waals surface area (Å²) in [5.41, 5.74) is 0.796. The lowest BCUT2D eigenvalue weighted by Crippen LogP contribution is -2.26. The largest absolute Gasteiger partial charge is 0.443 e. The standard InChI is InChI=1S/C11H7Cl3O3/c12-11(13,14)10-16-8(9(15)17-10)6-7-4-2-1-3-5-7/h1-6,10H/b8-6+. The maximum atomic E-state index is 11.4. The third-order valence-corrected chi connectivity index (χ3v) is 2.55. The van der Waals surface area contributed by atoms with Gasteiger partial charge in [-0.15, -0.1) is 0 Å². The third kappa shape index (κ3) is 3.06. The second-order valence-electron chi connectivity index (χ2n) is 3.32. The average molecular weight is 294 g/mol. The average Bonchev–Trinajstić information content (AvgIpc) is 2.62. The van der Waals surface area contributed by atoms with Crippen LogP contribution in [0.25, 0.3) is 6.08 Å². The van der Waals surface area contributed by atoms with Crippen LogP contribution in [0.15, 0.2) is 36.1 Å². The Kier molecular flexibility index (Phi) is 3.52. The summed E-state index contributed by atoms with van der Waals surface area (Å²) < 4.78 is 8.12. The van der Waals surface area contributed by atoms with E-state index in [1.165, 1.54) is 6.08 Å². The zero-order valence-corrected chi connectivity index (χ0v) is 10.7. The molecule has 1 unspecified atom stereocenters. The Morgan fingerprint density at radius 2 is 1.76 bits per heavy atom. The van der Waals surface area contributed by atoms with Crippen LogP contribution in [0.4, 0.5) is 0 Å². The van der Waals surface area contributed by atoms with E-state index < -0.39 is 16.1 Å². The van der Waals surface area contributed by atoms with E-state index >= 15 is 0 Å². The molecule has 90 valence electrons. The van der Waals surface area contributed by atoms with Crippen LogP contribution in [0.5, 0.6) is 0 Å². The van der Waals surface area contributed by atoms with Gasteiger partial charge >= 0.3 is 5.97 Å². The van der Waals surface area contributed by atoms with Gasteiger partial charge in [0.15, 0.2) is 0 Å². The van der Waals surface area contributed by atoms with Crippen LogP contribution in [0.3, 0.4) is 0 Å². The molecule has 0 aliphatic carbocycles. The summed E-state index contributed by atoms with van der Waals surface area (Å²) in [6, 6.07) is 9.15. The van der Waals surface area contributed by atoms with E-state index in [1.54, 1.807) is 0 Å². The van der Waals surface area contributed by atoms with Gasteiger partial charge in [0.05, 0.1) is 0 Å². The fourth-order valence-corrected chi connectivity index (χ4v) is 1.54. The second-order valence-corrected chi connectivity index (χ2v) is 5.68. The number of carbonyl (C=O) groups excluding carboxylic acids is 1. The number of alkyl halides is 3. The first-order chi connectivity index (χ1) is 7.97. The Bertz CT molecular complexity index is 451. The maximum Gasteiger partial charge on any atom is 0.377 e. The topological polar surface area (TPSA) is 35.5 Å². The normalized spacial score (nSPS) is 22.4. The van der Waals surface area contributed by atoms with Crippen molar-refractivity contribution in [2.24, 2.45) is 0 Å². The summed E-state index contributed by atoms with van der Waals surface area (Å²) in [5, 5.41) is 0. The summed E-state index contributed by atoms with van der Waals surface area (Å²) >= 11 is 16.7. The Morgan fingerprint density at radius 3 is 2.29 bits per heavy atom. The smallest absolute Gasteiger partial charge is 0.377 e. The van der Waals surface area contributed by atoms with Crippen molar-refractivity contribution in [1.82, 2.24) is 0 Å². The van der Waals surface area contributed by atoms with Crippen LogP contribution < -0.4 is 0 Å². The number of halogens is 3. The molecule has 1 fully saturated rings. The zero-order valence-electron chi connectivity index (χ0n) is 8.40. The van der Waals surface area contributed by atoms with Gasteiger partial charge in [0.1, 0.15) is 0 Å². The lowest BCUT2D eigenvalue weighted by atomic mass is 10.2. The highest BCUT2D eigenvalue weighted by molar-refractivity contribution is 6.68. The molecule has 0 bridgehead atoms. The predicted octanol–water partition coefficient (Wildman–Crippen LogP) is 3.30. The first-order valence-corrected chi connectivity index (χ1v) is 5.81. The van der Waals surface area contributed by atoms with E-state index in [-0.39, 0.29) is 5.76 Å². The highest BCUT2D eigenvalue weighted by Gasteiger charge is 2.44. The molecule has 3 nitrogen and oxygen atoms in total. The molecule has 1 saturated heterocycles. The Labute approximate surface area is 113 Å². The molecule has 1 aromatic carbocycles. The molecule has 17 heavy (non-hydrogen) atoms. The number of hydrogen-bond acceptors (Lipinski definition) is 3. The zero-order chi connectivity index (χ0) is 12.5. The molecule has 1 heterocycles. The van der Waals surface area contributed by atoms with Crippen molar-refractivity contribution in [3.05, 3.63) is 41.7 Å². The summed E-state index contributed by atoms with van der Waals surface area (Å²) in [6.07, 6.45) is 0.314. The summed E-state index contributed by atoms with van der Waals surface area (Å²) in [7, 11) is 0. The number of carbonyl (C=O) groups is 1. The van der Waals surface area contributed by atoms with E-state index in [9.17, 15) is 4.79 Å². The number of benzene rings is 1. The number of cyclic esters (lactones) is 1. The predicted molar refractivity (Wildman–Crippen MR) is 65.7 cm³/mol. The van der Waals surface area contributed by atoms with Crippen LogP contribution in [-0.2, 0) is 14.3 Å². The van der Waals surface area contributed by atoms with Gasteiger partial charge in [-0.3, -0.25) is 0 Å². The minimum absolute atomic E-state index is 0.0209. The number of hydrogen-bond donors (Lipinski definition) is 0. The molecule has 1 aliphatic heterocycles. The van der Waals surface area contributed by atoms with Crippen molar-refractivity contribution in [1.29, 1.82) is 0 Å². The SMILES string of the molecule is O=C1OC(C(Cl)(Cl)Cl)O/C1=C/c1ccccc1. The fraction of sp³-hybridized carbons (Fsp3) is 0.182. The Balaban J connectivity index is 2.19. The summed E-state index contributed by atoms with van der Waals surface area (Å²) in [5.74, 6) is -0.627. The fourth-order valence-electron chi connectivity index (χ4n) is 1.27. The molecule has 1 aromatic rings. The Hall–Kier alpha value is -0.900. The minimum atomic E-state index is -1.80. The van der Waals surface area contributed by atoms with Gasteiger partial charge < -0.3 is 9.47 Å². The van der Waals surface area contributed by atoms with Gasteiger partial charge in [-0.25, -0.2) is 4.79 Å². The van der Waals surface area contributed by atoms with Crippen LogP contribution in [0.2, 0.25) is 0 Å². The van der Waals surface area contributed by atoms with E-state index in [0.717, 1.165) is 5.56 Å². The number of esters is 1. The van der Waals surface area contributed by atoms with Gasteiger partial charge in [0.25, 0.3) is 10.1 Å². The van der Waals surface area contributed by atoms with Gasteiger partial charge in [-0.05, 0) is 11.6 Å². The first kappa shape index (κ1) is 12.6. The minimum Gasteiger partial charge on any atom is -0.443 e. The monoisotopic (exact) mass is 292 g/mol. The van der Waals surface area contributed by atoms with Crippen molar-refractivity contribution in [3.8, 4) is 0 Å². The van der Waals surface area contributed by atoms with Crippen molar-refractivity contribution >= 4 is 46.8 Å². The molecule has 0 saturated carbocycles.